The SMILES string of the molecule is Cc1nn(C)c2ncc(C(=O)O)c(NCCS(N)(=O)=O)c12. The van der Waals surface area contributed by atoms with Crippen LogP contribution in [0.2, 0.25) is 0 Å². The van der Waals surface area contributed by atoms with Gasteiger partial charge in [-0.3, -0.25) is 4.68 Å². The second-order valence-corrected chi connectivity index (χ2v) is 6.29. The smallest absolute Gasteiger partial charge is 0.339 e. The van der Waals surface area contributed by atoms with Crippen molar-refractivity contribution >= 4 is 32.7 Å². The van der Waals surface area contributed by atoms with Gasteiger partial charge in [-0.2, -0.15) is 5.10 Å². The molecule has 0 atom stereocenters. The number of primary sulfonamides is 1. The molecule has 0 saturated carbocycles. The predicted octanol–water partition coefficient (Wildman–Crippen LogP) is -0.325. The van der Waals surface area contributed by atoms with Crippen LogP contribution >= 0.6 is 0 Å². The maximum absolute atomic E-state index is 11.3. The molecular formula is C11H15N5O4S. The van der Waals surface area contributed by atoms with Crippen LogP contribution in [0, 0.1) is 6.92 Å². The van der Waals surface area contributed by atoms with Crippen LogP contribution in [0.4, 0.5) is 5.69 Å². The first kappa shape index (κ1) is 15.2. The molecule has 9 nitrogen and oxygen atoms in total. The average Bonchev–Trinajstić information content (AvgIpc) is 2.63. The van der Waals surface area contributed by atoms with Crippen molar-refractivity contribution in [2.75, 3.05) is 17.6 Å². The minimum atomic E-state index is -3.63. The highest BCUT2D eigenvalue weighted by molar-refractivity contribution is 7.89. The van der Waals surface area contributed by atoms with Crippen LogP contribution in [0.25, 0.3) is 11.0 Å². The Hall–Kier alpha value is -2.20. The summed E-state index contributed by atoms with van der Waals surface area (Å²) in [6, 6.07) is 0. The number of fused-ring (bicyclic) bond motifs is 1. The molecule has 0 amide bonds. The van der Waals surface area contributed by atoms with Gasteiger partial charge in [-0.15, -0.1) is 0 Å². The Bertz CT molecular complexity index is 812. The Morgan fingerprint density at radius 2 is 2.19 bits per heavy atom. The van der Waals surface area contributed by atoms with E-state index in [1.165, 1.54) is 10.9 Å². The molecule has 0 aliphatic carbocycles. The number of nitrogens with zero attached hydrogens (tertiary/aromatic N) is 3. The lowest BCUT2D eigenvalue weighted by atomic mass is 10.1. The van der Waals surface area contributed by atoms with Crippen LogP contribution in [0.1, 0.15) is 16.1 Å². The van der Waals surface area contributed by atoms with Crippen LogP contribution in [-0.4, -0.2) is 46.6 Å². The minimum absolute atomic E-state index is 0.00738. The van der Waals surface area contributed by atoms with Gasteiger partial charge in [0.05, 0.1) is 22.5 Å². The third-order valence-corrected chi connectivity index (χ3v) is 3.72. The molecule has 0 fully saturated rings. The summed E-state index contributed by atoms with van der Waals surface area (Å²) in [5.74, 6) is -1.47. The van der Waals surface area contributed by atoms with Gasteiger partial charge in [0.1, 0.15) is 5.56 Å². The molecule has 0 radical (unpaired) electrons. The van der Waals surface area contributed by atoms with Crippen molar-refractivity contribution in [2.45, 2.75) is 6.92 Å². The third-order valence-electron chi connectivity index (χ3n) is 2.95. The van der Waals surface area contributed by atoms with Gasteiger partial charge >= 0.3 is 5.97 Å². The lowest BCUT2D eigenvalue weighted by molar-refractivity contribution is 0.0697. The lowest BCUT2D eigenvalue weighted by Crippen LogP contribution is -2.23. The fourth-order valence-corrected chi connectivity index (χ4v) is 2.46. The van der Waals surface area contributed by atoms with Crippen LogP contribution in [0.5, 0.6) is 0 Å². The summed E-state index contributed by atoms with van der Waals surface area (Å²) in [7, 11) is -1.94. The molecule has 0 unspecified atom stereocenters. The molecule has 0 aliphatic rings. The zero-order valence-electron chi connectivity index (χ0n) is 11.5. The number of pyridine rings is 1. The number of aromatic carboxylic acids is 1. The van der Waals surface area contributed by atoms with E-state index in [4.69, 9.17) is 5.14 Å². The first-order valence-corrected chi connectivity index (χ1v) is 7.72. The maximum atomic E-state index is 11.3. The van der Waals surface area contributed by atoms with Crippen molar-refractivity contribution in [2.24, 2.45) is 12.2 Å². The minimum Gasteiger partial charge on any atom is -0.478 e. The van der Waals surface area contributed by atoms with Gasteiger partial charge in [0.15, 0.2) is 5.65 Å². The number of carboxylic acids is 1. The van der Waals surface area contributed by atoms with Gasteiger partial charge in [-0.25, -0.2) is 23.3 Å². The maximum Gasteiger partial charge on any atom is 0.339 e. The van der Waals surface area contributed by atoms with Gasteiger partial charge < -0.3 is 10.4 Å². The summed E-state index contributed by atoms with van der Waals surface area (Å²) < 4.78 is 23.5. The zero-order valence-corrected chi connectivity index (χ0v) is 12.3. The molecule has 2 aromatic heterocycles. The topological polar surface area (TPSA) is 140 Å². The average molecular weight is 313 g/mol. The monoisotopic (exact) mass is 313 g/mol. The second kappa shape index (κ2) is 5.30. The van der Waals surface area contributed by atoms with Crippen molar-refractivity contribution in [3.63, 3.8) is 0 Å². The van der Waals surface area contributed by atoms with Crippen molar-refractivity contribution in [1.29, 1.82) is 0 Å². The Morgan fingerprint density at radius 3 is 2.76 bits per heavy atom. The van der Waals surface area contributed by atoms with E-state index >= 15 is 0 Å². The molecule has 0 saturated heterocycles. The molecule has 2 aromatic rings. The van der Waals surface area contributed by atoms with Gasteiger partial charge in [-0.05, 0) is 6.92 Å². The van der Waals surface area contributed by atoms with Crippen LogP contribution in [0.3, 0.4) is 0 Å². The molecular weight excluding hydrogens is 298 g/mol. The zero-order chi connectivity index (χ0) is 15.8. The number of sulfonamides is 1. The number of nitrogens with two attached hydrogens (primary N) is 1. The van der Waals surface area contributed by atoms with Crippen LogP contribution in [0.15, 0.2) is 6.20 Å². The Morgan fingerprint density at radius 1 is 1.52 bits per heavy atom. The van der Waals surface area contributed by atoms with E-state index in [1.54, 1.807) is 14.0 Å². The number of anilines is 1. The van der Waals surface area contributed by atoms with Crippen molar-refractivity contribution in [1.82, 2.24) is 14.8 Å². The van der Waals surface area contributed by atoms with Gasteiger partial charge in [0.2, 0.25) is 10.0 Å². The van der Waals surface area contributed by atoms with E-state index in [1.807, 2.05) is 0 Å². The van der Waals surface area contributed by atoms with E-state index in [2.05, 4.69) is 15.4 Å². The number of nitrogens with one attached hydrogen (secondary N) is 1. The first-order valence-electron chi connectivity index (χ1n) is 6.00. The van der Waals surface area contributed by atoms with Gasteiger partial charge in [0, 0.05) is 19.8 Å². The number of hydrogen-bond donors (Lipinski definition) is 3. The van der Waals surface area contributed by atoms with E-state index < -0.39 is 16.0 Å². The molecule has 21 heavy (non-hydrogen) atoms. The molecule has 10 heteroatoms. The summed E-state index contributed by atoms with van der Waals surface area (Å²) in [6.45, 7) is 1.72. The third kappa shape index (κ3) is 3.11. The summed E-state index contributed by atoms with van der Waals surface area (Å²) in [6.07, 6.45) is 1.21. The Labute approximate surface area is 120 Å². The highest BCUT2D eigenvalue weighted by Gasteiger charge is 2.19. The second-order valence-electron chi connectivity index (χ2n) is 4.55. The van der Waals surface area contributed by atoms with Gasteiger partial charge in [0.25, 0.3) is 0 Å². The van der Waals surface area contributed by atoms with Gasteiger partial charge in [-0.1, -0.05) is 0 Å². The molecule has 0 aliphatic heterocycles. The number of aryl methyl sites for hydroxylation is 2. The normalized spacial score (nSPS) is 11.8. The first-order chi connectivity index (χ1) is 9.70. The van der Waals surface area contributed by atoms with Crippen LogP contribution in [-0.2, 0) is 17.1 Å². The molecule has 0 spiro atoms. The van der Waals surface area contributed by atoms with Crippen molar-refractivity contribution in [3.8, 4) is 0 Å². The summed E-state index contributed by atoms with van der Waals surface area (Å²) in [5, 5.41) is 21.7. The molecule has 2 heterocycles. The fourth-order valence-electron chi connectivity index (χ4n) is 2.08. The standard InChI is InChI=1S/C11H15N5O4S/c1-6-8-9(13-3-4-21(12,19)20)7(11(17)18)5-14-10(8)16(2)15-6/h5H,3-4H2,1-2H3,(H,13,14)(H,17,18)(H2,12,19,20). The number of aromatic nitrogens is 3. The Kier molecular flexibility index (Phi) is 3.83. The molecule has 114 valence electrons. The predicted molar refractivity (Wildman–Crippen MR) is 76.7 cm³/mol. The van der Waals surface area contributed by atoms with E-state index in [0.29, 0.717) is 22.4 Å². The van der Waals surface area contributed by atoms with Crippen molar-refractivity contribution in [3.05, 3.63) is 17.5 Å². The number of carbonyl (C=O) groups is 1. The number of hydrogen-bond acceptors (Lipinski definition) is 6. The summed E-state index contributed by atoms with van der Waals surface area (Å²) in [4.78, 5) is 15.4. The van der Waals surface area contributed by atoms with E-state index in [-0.39, 0.29) is 17.9 Å². The van der Waals surface area contributed by atoms with E-state index in [9.17, 15) is 18.3 Å². The molecule has 0 aromatic carbocycles. The fraction of sp³-hybridized carbons (Fsp3) is 0.364. The molecule has 2 rings (SSSR count). The highest BCUT2D eigenvalue weighted by Crippen LogP contribution is 2.28. The number of carboxylic acid groups (broad SMARTS) is 1. The van der Waals surface area contributed by atoms with E-state index in [0.717, 1.165) is 0 Å². The Balaban J connectivity index is 2.51. The largest absolute Gasteiger partial charge is 0.478 e. The van der Waals surface area contributed by atoms with Crippen molar-refractivity contribution < 1.29 is 18.3 Å². The quantitative estimate of drug-likeness (QED) is 0.686. The molecule has 0 bridgehead atoms. The summed E-state index contributed by atoms with van der Waals surface area (Å²) >= 11 is 0. The van der Waals surface area contributed by atoms with Crippen LogP contribution < -0.4 is 10.5 Å². The lowest BCUT2D eigenvalue weighted by Gasteiger charge is -2.10. The molecule has 4 N–H and O–H groups in total. The number of rotatable bonds is 5. The summed E-state index contributed by atoms with van der Waals surface area (Å²) in [5.41, 5.74) is 1.35. The highest BCUT2D eigenvalue weighted by atomic mass is 32.2.